The minimum absolute atomic E-state index is 0.182. The first-order valence-corrected chi connectivity index (χ1v) is 9.51. The van der Waals surface area contributed by atoms with Gasteiger partial charge < -0.3 is 14.2 Å². The summed E-state index contributed by atoms with van der Waals surface area (Å²) in [5, 5.41) is 0. The van der Waals surface area contributed by atoms with E-state index in [0.29, 0.717) is 5.69 Å². The lowest BCUT2D eigenvalue weighted by atomic mass is 9.79. The maximum absolute atomic E-state index is 13.2. The van der Waals surface area contributed by atoms with E-state index in [1.165, 1.54) is 0 Å². The van der Waals surface area contributed by atoms with Crippen LogP contribution in [0.3, 0.4) is 0 Å². The highest BCUT2D eigenvalue weighted by Gasteiger charge is 2.52. The lowest BCUT2D eigenvalue weighted by Gasteiger charge is -2.45. The maximum atomic E-state index is 13.2. The second-order valence-corrected chi connectivity index (χ2v) is 10.3. The van der Waals surface area contributed by atoms with Gasteiger partial charge in [-0.1, -0.05) is 0 Å². The molecule has 0 aliphatic carbocycles. The van der Waals surface area contributed by atoms with Crippen molar-refractivity contribution >= 4 is 18.5 Å². The van der Waals surface area contributed by atoms with Crippen molar-refractivity contribution in [1.29, 1.82) is 0 Å². The SMILES string of the molecule is Cc1nc(C(=O)N(C(C)(C)C)C(C)(C)C)ncc1B1OC(C)(C)C(C)(C)O1. The number of carbonyl (C=O) groups excluding carboxylic acids is 1. The van der Waals surface area contributed by atoms with Crippen LogP contribution in [0.25, 0.3) is 0 Å². The first kappa shape index (κ1) is 21.8. The Labute approximate surface area is 164 Å². The Kier molecular flexibility index (Phi) is 5.30. The van der Waals surface area contributed by atoms with E-state index in [0.717, 1.165) is 5.46 Å². The number of hydrogen-bond donors (Lipinski definition) is 0. The van der Waals surface area contributed by atoms with Crippen LogP contribution in [0.1, 0.15) is 85.6 Å². The third-order valence-electron chi connectivity index (χ3n) is 5.26. The van der Waals surface area contributed by atoms with Gasteiger partial charge in [0.15, 0.2) is 0 Å². The molecule has 6 nitrogen and oxygen atoms in total. The van der Waals surface area contributed by atoms with Crippen molar-refractivity contribution in [3.63, 3.8) is 0 Å². The fourth-order valence-electron chi connectivity index (χ4n) is 3.50. The van der Waals surface area contributed by atoms with Crippen LogP contribution in [0.5, 0.6) is 0 Å². The van der Waals surface area contributed by atoms with Gasteiger partial charge in [-0.3, -0.25) is 4.79 Å². The molecule has 2 heterocycles. The summed E-state index contributed by atoms with van der Waals surface area (Å²) >= 11 is 0. The number of carbonyl (C=O) groups is 1. The minimum Gasteiger partial charge on any atom is -0.399 e. The summed E-state index contributed by atoms with van der Waals surface area (Å²) in [6.45, 7) is 22.0. The Morgan fingerprint density at radius 1 is 1.00 bits per heavy atom. The molecule has 2 rings (SSSR count). The second kappa shape index (κ2) is 6.55. The molecule has 1 saturated heterocycles. The van der Waals surface area contributed by atoms with E-state index in [2.05, 4.69) is 9.97 Å². The van der Waals surface area contributed by atoms with E-state index in [-0.39, 0.29) is 22.8 Å². The molecule has 0 saturated carbocycles. The summed E-state index contributed by atoms with van der Waals surface area (Å²) in [6, 6.07) is 0. The van der Waals surface area contributed by atoms with Crippen LogP contribution in [0.2, 0.25) is 0 Å². The Hall–Kier alpha value is -1.47. The van der Waals surface area contributed by atoms with Gasteiger partial charge in [0.1, 0.15) is 0 Å². The van der Waals surface area contributed by atoms with Crippen LogP contribution in [-0.4, -0.2) is 50.2 Å². The number of amides is 1. The minimum atomic E-state index is -0.541. The lowest BCUT2D eigenvalue weighted by Crippen LogP contribution is -2.56. The van der Waals surface area contributed by atoms with Gasteiger partial charge in [0.2, 0.25) is 5.82 Å². The van der Waals surface area contributed by atoms with Gasteiger partial charge >= 0.3 is 7.12 Å². The quantitative estimate of drug-likeness (QED) is 0.743. The second-order valence-electron chi connectivity index (χ2n) is 10.3. The highest BCUT2D eigenvalue weighted by atomic mass is 16.7. The van der Waals surface area contributed by atoms with Gasteiger partial charge in [-0.2, -0.15) is 0 Å². The average molecular weight is 375 g/mol. The van der Waals surface area contributed by atoms with Gasteiger partial charge in [0.25, 0.3) is 5.91 Å². The fourth-order valence-corrected chi connectivity index (χ4v) is 3.50. The third-order valence-corrected chi connectivity index (χ3v) is 5.26. The molecule has 0 unspecified atom stereocenters. The molecule has 1 aromatic heterocycles. The number of aryl methyl sites for hydroxylation is 1. The van der Waals surface area contributed by atoms with Crippen molar-refractivity contribution in [2.75, 3.05) is 0 Å². The van der Waals surface area contributed by atoms with E-state index in [1.807, 2.05) is 81.1 Å². The number of rotatable bonds is 2. The van der Waals surface area contributed by atoms with E-state index >= 15 is 0 Å². The largest absolute Gasteiger partial charge is 0.498 e. The van der Waals surface area contributed by atoms with Crippen LogP contribution in [0.4, 0.5) is 0 Å². The average Bonchev–Trinajstić information content (AvgIpc) is 2.63. The predicted octanol–water partition coefficient (Wildman–Crippen LogP) is 3.12. The van der Waals surface area contributed by atoms with Crippen molar-refractivity contribution in [2.24, 2.45) is 0 Å². The molecule has 1 amide bonds. The molecule has 27 heavy (non-hydrogen) atoms. The van der Waals surface area contributed by atoms with E-state index in [1.54, 1.807) is 6.20 Å². The van der Waals surface area contributed by atoms with Crippen molar-refractivity contribution in [3.05, 3.63) is 17.7 Å². The molecule has 0 N–H and O–H groups in total. The highest BCUT2D eigenvalue weighted by molar-refractivity contribution is 6.62. The first-order chi connectivity index (χ1) is 12.0. The first-order valence-electron chi connectivity index (χ1n) is 9.51. The molecule has 1 fully saturated rings. The zero-order chi connectivity index (χ0) is 21.0. The summed E-state index contributed by atoms with van der Waals surface area (Å²) in [4.78, 5) is 23.9. The molecule has 0 atom stereocenters. The number of aromatic nitrogens is 2. The highest BCUT2D eigenvalue weighted by Crippen LogP contribution is 2.36. The van der Waals surface area contributed by atoms with E-state index in [4.69, 9.17) is 9.31 Å². The smallest absolute Gasteiger partial charge is 0.399 e. The molecule has 150 valence electrons. The number of hydrogen-bond acceptors (Lipinski definition) is 5. The number of nitrogens with zero attached hydrogens (tertiary/aromatic N) is 3. The van der Waals surface area contributed by atoms with Crippen LogP contribution >= 0.6 is 0 Å². The summed E-state index contributed by atoms with van der Waals surface area (Å²) in [7, 11) is -0.541. The third kappa shape index (κ3) is 4.19. The van der Waals surface area contributed by atoms with E-state index in [9.17, 15) is 4.79 Å². The fraction of sp³-hybridized carbons (Fsp3) is 0.750. The molecule has 7 heteroatoms. The molecular formula is C20H34BN3O3. The standard InChI is InChI=1S/C20H34BN3O3/c1-13-14(21-26-19(8,9)20(10,11)27-21)12-22-15(23-13)16(25)24(17(2,3)4)18(5,6)7/h12H,1-11H3. The van der Waals surface area contributed by atoms with Crippen molar-refractivity contribution < 1.29 is 14.1 Å². The van der Waals surface area contributed by atoms with Crippen molar-refractivity contribution in [1.82, 2.24) is 14.9 Å². The van der Waals surface area contributed by atoms with Crippen molar-refractivity contribution in [2.45, 2.75) is 98.4 Å². The monoisotopic (exact) mass is 375 g/mol. The summed E-state index contributed by atoms with van der Waals surface area (Å²) < 4.78 is 12.2. The molecule has 0 aromatic carbocycles. The molecular weight excluding hydrogens is 341 g/mol. The van der Waals surface area contributed by atoms with Gasteiger partial charge in [-0.05, 0) is 76.2 Å². The molecule has 0 bridgehead atoms. The van der Waals surface area contributed by atoms with Crippen LogP contribution in [0, 0.1) is 6.92 Å². The Balaban J connectivity index is 2.36. The lowest BCUT2D eigenvalue weighted by molar-refractivity contribution is 0.00578. The Morgan fingerprint density at radius 3 is 1.81 bits per heavy atom. The van der Waals surface area contributed by atoms with Gasteiger partial charge in [0.05, 0.1) is 11.2 Å². The van der Waals surface area contributed by atoms with Crippen LogP contribution in [-0.2, 0) is 9.31 Å². The van der Waals surface area contributed by atoms with E-state index < -0.39 is 18.3 Å². The predicted molar refractivity (Wildman–Crippen MR) is 108 cm³/mol. The molecule has 1 aliphatic heterocycles. The molecule has 1 aromatic rings. The van der Waals surface area contributed by atoms with Gasteiger partial charge in [-0.25, -0.2) is 9.97 Å². The van der Waals surface area contributed by atoms with Gasteiger partial charge in [-0.15, -0.1) is 0 Å². The molecule has 1 aliphatic rings. The summed E-state index contributed by atoms with van der Waals surface area (Å²) in [5.74, 6) is 0.0104. The molecule has 0 radical (unpaired) electrons. The normalized spacial score (nSPS) is 19.3. The van der Waals surface area contributed by atoms with Crippen LogP contribution < -0.4 is 5.46 Å². The summed E-state index contributed by atoms with van der Waals surface area (Å²) in [6.07, 6.45) is 1.65. The molecule has 0 spiro atoms. The Bertz CT molecular complexity index is 703. The van der Waals surface area contributed by atoms with Gasteiger partial charge in [0, 0.05) is 28.4 Å². The summed E-state index contributed by atoms with van der Waals surface area (Å²) in [5.41, 5.74) is -0.131. The topological polar surface area (TPSA) is 64.6 Å². The zero-order valence-electron chi connectivity index (χ0n) is 18.7. The zero-order valence-corrected chi connectivity index (χ0v) is 18.7. The Morgan fingerprint density at radius 2 is 1.44 bits per heavy atom. The van der Waals surface area contributed by atoms with Crippen molar-refractivity contribution in [3.8, 4) is 0 Å². The maximum Gasteiger partial charge on any atom is 0.498 e. The van der Waals surface area contributed by atoms with Crippen LogP contribution in [0.15, 0.2) is 6.20 Å².